The zero-order valence-electron chi connectivity index (χ0n) is 38.7. The third kappa shape index (κ3) is 44.9. The monoisotopic (exact) mass is 937 g/mol. The number of nitrogens with two attached hydrogens (primary N) is 2. The molecule has 364 valence electrons. The molecule has 0 saturated carbocycles. The van der Waals surface area contributed by atoms with Crippen molar-refractivity contribution in [1.82, 2.24) is 0 Å². The lowest BCUT2D eigenvalue weighted by Crippen LogP contribution is -2.39. The molecule has 3 unspecified atom stereocenters. The normalized spacial score (nSPS) is 13.5. The Kier molecular flexibility index (Phi) is 40.7. The van der Waals surface area contributed by atoms with E-state index in [-0.39, 0.29) is 57.1 Å². The molecule has 0 fully saturated rings. The Morgan fingerprint density at radius 1 is 0.475 bits per heavy atom. The fourth-order valence-electron chi connectivity index (χ4n) is 6.20. The van der Waals surface area contributed by atoms with E-state index < -0.39 is 74.8 Å². The Balaban J connectivity index is -0.0000168. The van der Waals surface area contributed by atoms with Crippen LogP contribution in [0.5, 0.6) is 0 Å². The lowest BCUT2D eigenvalue weighted by molar-refractivity contribution is -0.163. The molecule has 0 rings (SSSR count). The molecule has 0 aliphatic carbocycles. The molecule has 0 bridgehead atoms. The van der Waals surface area contributed by atoms with E-state index in [1.54, 1.807) is 27.7 Å². The van der Waals surface area contributed by atoms with Gasteiger partial charge in [0.1, 0.15) is 13.2 Å². The molecule has 14 nitrogen and oxygen atoms in total. The summed E-state index contributed by atoms with van der Waals surface area (Å²) in [6.45, 7) is 8.80. The van der Waals surface area contributed by atoms with Crippen molar-refractivity contribution in [1.29, 1.82) is 0 Å². The van der Waals surface area contributed by atoms with E-state index in [9.17, 15) is 28.6 Å². The maximum Gasteiger partial charge on any atom is 0.472 e. The van der Waals surface area contributed by atoms with Gasteiger partial charge in [-0.25, -0.2) is 4.57 Å². The number of hydrogen-bond acceptors (Lipinski definition) is 13. The fraction of sp³-hybridized carbons (Fsp3) is 0.909. The maximum absolute atomic E-state index is 13.0. The second kappa shape index (κ2) is 38.9. The third-order valence-corrected chi connectivity index (χ3v) is 10.4. The fourth-order valence-corrected chi connectivity index (χ4v) is 6.99. The number of unbranched alkanes of at least 4 members (excludes halogenated alkanes) is 20. The summed E-state index contributed by atoms with van der Waals surface area (Å²) in [6, 6.07) is 0. The predicted molar refractivity (Wildman–Crippen MR) is 246 cm³/mol. The summed E-state index contributed by atoms with van der Waals surface area (Å²) in [5.41, 5.74) is 10.1. The average Bonchev–Trinajstić information content (AvgIpc) is 3.13. The van der Waals surface area contributed by atoms with Crippen molar-refractivity contribution >= 4 is 56.5 Å². The van der Waals surface area contributed by atoms with Crippen LogP contribution in [0, 0.1) is 0 Å². The Morgan fingerprint density at radius 3 is 1.13 bits per heavy atom. The Labute approximate surface area is 381 Å². The van der Waals surface area contributed by atoms with Crippen molar-refractivity contribution < 1.29 is 56.6 Å². The zero-order chi connectivity index (χ0) is 44.4. The lowest BCUT2D eigenvalue weighted by Gasteiger charge is -2.24. The number of carbonyl (C=O) groups excluding carboxylic acids is 4. The molecular formula is C44H87Cl2N2O12P. The zero-order valence-corrected chi connectivity index (χ0v) is 41.3. The first-order valence-electron chi connectivity index (χ1n) is 22.8. The van der Waals surface area contributed by atoms with Crippen molar-refractivity contribution in [3.05, 3.63) is 0 Å². The van der Waals surface area contributed by atoms with Crippen LogP contribution >= 0.6 is 32.6 Å². The third-order valence-electron chi connectivity index (χ3n) is 9.47. The Bertz CT molecular complexity index is 1170. The first-order chi connectivity index (χ1) is 27.9. The minimum atomic E-state index is -4.85. The van der Waals surface area contributed by atoms with E-state index in [2.05, 4.69) is 13.8 Å². The molecule has 0 radical (unpaired) electrons. The summed E-state index contributed by atoms with van der Waals surface area (Å²) >= 11 is 0. The number of hydrogen-bond donors (Lipinski definition) is 3. The van der Waals surface area contributed by atoms with Gasteiger partial charge in [0.05, 0.1) is 26.1 Å². The van der Waals surface area contributed by atoms with Gasteiger partial charge in [0.25, 0.3) is 0 Å². The SMILES string of the molecule is CCCCCCCCCCCCCC(=O)OCC(COP(=O)(O)OCC(COC(=O)CC(C)(C)N)OC(=O)CC(C)(C)N)OC(=O)CCCCCCCCCCCCC.Cl.Cl. The van der Waals surface area contributed by atoms with Gasteiger partial charge in [-0.3, -0.25) is 28.2 Å². The Morgan fingerprint density at radius 2 is 0.770 bits per heavy atom. The van der Waals surface area contributed by atoms with E-state index in [1.807, 2.05) is 0 Å². The highest BCUT2D eigenvalue weighted by molar-refractivity contribution is 7.47. The number of ether oxygens (including phenoxy) is 4. The second-order valence-corrected chi connectivity index (χ2v) is 19.0. The number of carbonyl (C=O) groups is 4. The van der Waals surface area contributed by atoms with E-state index in [1.165, 1.54) is 89.9 Å². The molecule has 0 aromatic heterocycles. The van der Waals surface area contributed by atoms with Gasteiger partial charge < -0.3 is 35.3 Å². The van der Waals surface area contributed by atoms with Crippen molar-refractivity contribution in [2.24, 2.45) is 11.5 Å². The minimum Gasteiger partial charge on any atom is -0.462 e. The summed E-state index contributed by atoms with van der Waals surface area (Å²) in [4.78, 5) is 60.7. The molecule has 0 heterocycles. The predicted octanol–water partition coefficient (Wildman–Crippen LogP) is 10.5. The molecule has 0 aliphatic heterocycles. The van der Waals surface area contributed by atoms with E-state index in [0.29, 0.717) is 12.8 Å². The first-order valence-corrected chi connectivity index (χ1v) is 24.2. The average molecular weight is 938 g/mol. The van der Waals surface area contributed by atoms with Crippen molar-refractivity contribution in [2.45, 2.75) is 232 Å². The van der Waals surface area contributed by atoms with E-state index >= 15 is 0 Å². The maximum atomic E-state index is 13.0. The van der Waals surface area contributed by atoms with Gasteiger partial charge in [0, 0.05) is 23.9 Å². The van der Waals surface area contributed by atoms with Crippen molar-refractivity contribution in [3.8, 4) is 0 Å². The van der Waals surface area contributed by atoms with Crippen LogP contribution in [0.2, 0.25) is 0 Å². The molecule has 0 saturated heterocycles. The summed E-state index contributed by atoms with van der Waals surface area (Å²) in [7, 11) is -4.85. The van der Waals surface area contributed by atoms with Gasteiger partial charge in [-0.2, -0.15) is 0 Å². The number of halogens is 2. The molecule has 0 aromatic carbocycles. The highest BCUT2D eigenvalue weighted by Gasteiger charge is 2.30. The first kappa shape index (κ1) is 63.8. The lowest BCUT2D eigenvalue weighted by atomic mass is 10.0. The highest BCUT2D eigenvalue weighted by Crippen LogP contribution is 2.43. The van der Waals surface area contributed by atoms with Crippen LogP contribution in [0.4, 0.5) is 0 Å². The van der Waals surface area contributed by atoms with Crippen LogP contribution in [-0.2, 0) is 51.7 Å². The molecule has 61 heavy (non-hydrogen) atoms. The van der Waals surface area contributed by atoms with Crippen LogP contribution in [0.1, 0.15) is 208 Å². The number of esters is 4. The smallest absolute Gasteiger partial charge is 0.462 e. The quantitative estimate of drug-likeness (QED) is 0.0226. The van der Waals surface area contributed by atoms with Gasteiger partial charge >= 0.3 is 31.7 Å². The van der Waals surface area contributed by atoms with Gasteiger partial charge in [-0.15, -0.1) is 24.8 Å². The van der Waals surface area contributed by atoms with Gasteiger partial charge in [0.2, 0.25) is 0 Å². The molecule has 0 amide bonds. The summed E-state index contributed by atoms with van der Waals surface area (Å²) < 4.78 is 44.8. The standard InChI is InChI=1S/C44H85N2O12P.2ClH/c1-7-9-11-13-15-17-19-21-23-25-27-29-39(47)53-33-37(57-40(48)30-28-26-24-22-20-18-16-14-12-10-8-2)35-55-59(51,52)56-36-38(58-42(50)32-44(5,6)46)34-54-41(49)31-43(3,4)45;;/h37-38H,7-36,45-46H2,1-6H3,(H,51,52);2*1H. The van der Waals surface area contributed by atoms with Crippen LogP contribution in [0.3, 0.4) is 0 Å². The second-order valence-electron chi connectivity index (χ2n) is 17.6. The number of phosphoric acid groups is 1. The molecule has 5 N–H and O–H groups in total. The van der Waals surface area contributed by atoms with E-state index in [4.69, 9.17) is 39.5 Å². The number of phosphoric ester groups is 1. The summed E-state index contributed by atoms with van der Waals surface area (Å²) in [5, 5.41) is 0. The van der Waals surface area contributed by atoms with Crippen molar-refractivity contribution in [3.63, 3.8) is 0 Å². The summed E-state index contributed by atoms with van der Waals surface area (Å²) in [6.07, 6.45) is 22.6. The number of rotatable bonds is 40. The molecule has 0 aromatic rings. The topological polar surface area (TPSA) is 213 Å². The van der Waals surface area contributed by atoms with Crippen LogP contribution < -0.4 is 11.5 Å². The summed E-state index contributed by atoms with van der Waals surface area (Å²) in [5.74, 6) is -2.41. The highest BCUT2D eigenvalue weighted by atomic mass is 35.5. The van der Waals surface area contributed by atoms with Crippen LogP contribution in [-0.4, -0.2) is 78.5 Å². The van der Waals surface area contributed by atoms with E-state index in [0.717, 1.165) is 38.5 Å². The van der Waals surface area contributed by atoms with Gasteiger partial charge in [-0.05, 0) is 40.5 Å². The molecule has 3 atom stereocenters. The van der Waals surface area contributed by atoms with Gasteiger partial charge in [-0.1, -0.05) is 142 Å². The van der Waals surface area contributed by atoms with Crippen LogP contribution in [0.25, 0.3) is 0 Å². The van der Waals surface area contributed by atoms with Crippen molar-refractivity contribution in [2.75, 3.05) is 26.4 Å². The van der Waals surface area contributed by atoms with Gasteiger partial charge in [0.15, 0.2) is 12.2 Å². The Hall–Kier alpha value is -1.51. The molecule has 17 heteroatoms. The van der Waals surface area contributed by atoms with Crippen LogP contribution in [0.15, 0.2) is 0 Å². The molecule has 0 aliphatic rings. The molecular weight excluding hydrogens is 850 g/mol. The molecule has 0 spiro atoms. The minimum absolute atomic E-state index is 0. The largest absolute Gasteiger partial charge is 0.472 e.